The summed E-state index contributed by atoms with van der Waals surface area (Å²) in [5.74, 6) is 1.23. The van der Waals surface area contributed by atoms with Gasteiger partial charge >= 0.3 is 0 Å². The highest BCUT2D eigenvalue weighted by Crippen LogP contribution is 2.29. The molecule has 3 aromatic carbocycles. The van der Waals surface area contributed by atoms with E-state index in [1.165, 1.54) is 11.8 Å². The standard InChI is InChI=1S/C25H19N3O2S/c1-17-8-7-10-19(14-17)24-26-27-25(28(24)20-11-3-2-4-12-20)31-16-21(29)23-15-18-9-5-6-13-22(18)30-23/h2-15H,16H2,1H3. The molecule has 0 bridgehead atoms. The number of carbonyl (C=O) groups is 1. The van der Waals surface area contributed by atoms with Gasteiger partial charge in [0.1, 0.15) is 5.58 Å². The van der Waals surface area contributed by atoms with Crippen molar-refractivity contribution < 1.29 is 9.21 Å². The lowest BCUT2D eigenvalue weighted by Crippen LogP contribution is -2.04. The number of hydrogen-bond acceptors (Lipinski definition) is 5. The van der Waals surface area contributed by atoms with Crippen LogP contribution in [-0.2, 0) is 0 Å². The van der Waals surface area contributed by atoms with Gasteiger partial charge in [0.25, 0.3) is 0 Å². The second-order valence-corrected chi connectivity index (χ2v) is 8.15. The highest BCUT2D eigenvalue weighted by molar-refractivity contribution is 7.99. The summed E-state index contributed by atoms with van der Waals surface area (Å²) >= 11 is 1.35. The molecule has 0 aliphatic carbocycles. The summed E-state index contributed by atoms with van der Waals surface area (Å²) in [6, 6.07) is 27.5. The van der Waals surface area contributed by atoms with Crippen LogP contribution in [0.1, 0.15) is 16.1 Å². The van der Waals surface area contributed by atoms with Crippen LogP contribution in [0.5, 0.6) is 0 Å². The molecule has 0 amide bonds. The van der Waals surface area contributed by atoms with Crippen molar-refractivity contribution in [1.82, 2.24) is 14.8 Å². The molecule has 0 unspecified atom stereocenters. The number of ketones is 1. The SMILES string of the molecule is Cc1cccc(-c2nnc(SCC(=O)c3cc4ccccc4o3)n2-c2ccccc2)c1. The van der Waals surface area contributed by atoms with Crippen LogP contribution < -0.4 is 0 Å². The number of para-hydroxylation sites is 2. The number of furan rings is 1. The predicted octanol–water partition coefficient (Wildman–Crippen LogP) is 5.96. The molecule has 6 heteroatoms. The van der Waals surface area contributed by atoms with Crippen LogP contribution in [0.4, 0.5) is 0 Å². The first-order chi connectivity index (χ1) is 15.2. The number of aromatic nitrogens is 3. The van der Waals surface area contributed by atoms with Crippen molar-refractivity contribution in [2.75, 3.05) is 5.75 Å². The molecule has 152 valence electrons. The number of fused-ring (bicyclic) bond motifs is 1. The third-order valence-electron chi connectivity index (χ3n) is 4.96. The Bertz CT molecular complexity index is 1340. The Hall–Kier alpha value is -3.64. The van der Waals surface area contributed by atoms with Gasteiger partial charge in [-0.3, -0.25) is 9.36 Å². The average molecular weight is 426 g/mol. The first kappa shape index (κ1) is 19.3. The number of carbonyl (C=O) groups excluding carboxylic acids is 1. The van der Waals surface area contributed by atoms with Gasteiger partial charge in [-0.05, 0) is 37.3 Å². The number of benzene rings is 3. The fourth-order valence-corrected chi connectivity index (χ4v) is 4.29. The second kappa shape index (κ2) is 8.24. The molecule has 0 saturated carbocycles. The number of hydrogen-bond donors (Lipinski definition) is 0. The largest absolute Gasteiger partial charge is 0.453 e. The summed E-state index contributed by atoms with van der Waals surface area (Å²) in [4.78, 5) is 12.8. The molecule has 31 heavy (non-hydrogen) atoms. The zero-order chi connectivity index (χ0) is 21.2. The minimum Gasteiger partial charge on any atom is -0.453 e. The smallest absolute Gasteiger partial charge is 0.208 e. The minimum atomic E-state index is -0.0825. The third kappa shape index (κ3) is 3.90. The van der Waals surface area contributed by atoms with Crippen LogP contribution in [0.2, 0.25) is 0 Å². The summed E-state index contributed by atoms with van der Waals surface area (Å²) in [5.41, 5.74) is 3.79. The Kier molecular flexibility index (Phi) is 5.14. The van der Waals surface area contributed by atoms with Gasteiger partial charge in [0, 0.05) is 16.6 Å². The van der Waals surface area contributed by atoms with Crippen LogP contribution in [0.3, 0.4) is 0 Å². The Morgan fingerprint density at radius 3 is 2.55 bits per heavy atom. The van der Waals surface area contributed by atoms with E-state index in [9.17, 15) is 4.79 Å². The van der Waals surface area contributed by atoms with Crippen LogP contribution in [0.15, 0.2) is 94.5 Å². The van der Waals surface area contributed by atoms with E-state index in [0.29, 0.717) is 16.5 Å². The molecular formula is C25H19N3O2S. The maximum Gasteiger partial charge on any atom is 0.208 e. The van der Waals surface area contributed by atoms with Crippen molar-refractivity contribution in [2.45, 2.75) is 12.1 Å². The molecule has 0 N–H and O–H groups in total. The maximum atomic E-state index is 12.8. The molecule has 0 fully saturated rings. The Balaban J connectivity index is 1.47. The van der Waals surface area contributed by atoms with Gasteiger partial charge < -0.3 is 4.42 Å². The van der Waals surface area contributed by atoms with E-state index in [1.807, 2.05) is 84.3 Å². The molecule has 2 heterocycles. The molecule has 0 spiro atoms. The summed E-state index contributed by atoms with van der Waals surface area (Å²) in [7, 11) is 0. The van der Waals surface area contributed by atoms with Gasteiger partial charge in [-0.25, -0.2) is 0 Å². The molecule has 2 aromatic heterocycles. The highest BCUT2D eigenvalue weighted by Gasteiger charge is 2.19. The molecule has 0 aliphatic heterocycles. The van der Waals surface area contributed by atoms with Gasteiger partial charge in [0.2, 0.25) is 5.78 Å². The van der Waals surface area contributed by atoms with E-state index in [1.54, 1.807) is 6.07 Å². The quantitative estimate of drug-likeness (QED) is 0.248. The first-order valence-corrected chi connectivity index (χ1v) is 10.9. The van der Waals surface area contributed by atoms with Crippen molar-refractivity contribution in [3.05, 3.63) is 96.3 Å². The van der Waals surface area contributed by atoms with Gasteiger partial charge in [-0.1, -0.05) is 71.9 Å². The van der Waals surface area contributed by atoms with Crippen molar-refractivity contribution in [2.24, 2.45) is 0 Å². The number of rotatable bonds is 6. The van der Waals surface area contributed by atoms with Crippen molar-refractivity contribution in [1.29, 1.82) is 0 Å². The number of nitrogens with zero attached hydrogens (tertiary/aromatic N) is 3. The molecule has 0 radical (unpaired) electrons. The first-order valence-electron chi connectivity index (χ1n) is 9.91. The number of Topliss-reactive ketones (excluding diaryl/α,β-unsaturated/α-hetero) is 1. The lowest BCUT2D eigenvalue weighted by atomic mass is 10.1. The summed E-state index contributed by atoms with van der Waals surface area (Å²) < 4.78 is 7.71. The zero-order valence-corrected chi connectivity index (χ0v) is 17.7. The zero-order valence-electron chi connectivity index (χ0n) is 16.9. The molecule has 0 atom stereocenters. The van der Waals surface area contributed by atoms with Crippen LogP contribution >= 0.6 is 11.8 Å². The number of thioether (sulfide) groups is 1. The van der Waals surface area contributed by atoms with Crippen molar-refractivity contribution in [3.63, 3.8) is 0 Å². The lowest BCUT2D eigenvalue weighted by molar-refractivity contribution is 0.0994. The maximum absolute atomic E-state index is 12.8. The molecule has 5 aromatic rings. The normalized spacial score (nSPS) is 11.1. The monoisotopic (exact) mass is 425 g/mol. The molecule has 0 aliphatic rings. The van der Waals surface area contributed by atoms with Crippen LogP contribution in [0, 0.1) is 6.92 Å². The summed E-state index contributed by atoms with van der Waals surface area (Å²) in [5, 5.41) is 10.4. The number of aryl methyl sites for hydroxylation is 1. The fourth-order valence-electron chi connectivity index (χ4n) is 3.46. The third-order valence-corrected chi connectivity index (χ3v) is 5.89. The molecule has 5 rings (SSSR count). The fraction of sp³-hybridized carbons (Fsp3) is 0.0800. The highest BCUT2D eigenvalue weighted by atomic mass is 32.2. The van der Waals surface area contributed by atoms with Crippen molar-refractivity contribution in [3.8, 4) is 17.1 Å². The molecule has 0 saturated heterocycles. The average Bonchev–Trinajstić information content (AvgIpc) is 3.42. The topological polar surface area (TPSA) is 60.9 Å². The molecule has 5 nitrogen and oxygen atoms in total. The Morgan fingerprint density at radius 2 is 1.74 bits per heavy atom. The van der Waals surface area contributed by atoms with E-state index >= 15 is 0 Å². The van der Waals surface area contributed by atoms with Gasteiger partial charge in [0.05, 0.1) is 5.75 Å². The van der Waals surface area contributed by atoms with E-state index in [4.69, 9.17) is 4.42 Å². The van der Waals surface area contributed by atoms with E-state index in [-0.39, 0.29) is 11.5 Å². The van der Waals surface area contributed by atoms with Gasteiger partial charge in [-0.2, -0.15) is 0 Å². The second-order valence-electron chi connectivity index (χ2n) is 7.21. The van der Waals surface area contributed by atoms with E-state index < -0.39 is 0 Å². The predicted molar refractivity (Wildman–Crippen MR) is 123 cm³/mol. The Labute approximate surface area is 183 Å². The van der Waals surface area contributed by atoms with Crippen LogP contribution in [-0.4, -0.2) is 26.3 Å². The summed E-state index contributed by atoms with van der Waals surface area (Å²) in [6.45, 7) is 2.05. The molecular weight excluding hydrogens is 406 g/mol. The van der Waals surface area contributed by atoms with Crippen molar-refractivity contribution >= 4 is 28.5 Å². The van der Waals surface area contributed by atoms with Crippen LogP contribution in [0.25, 0.3) is 28.0 Å². The lowest BCUT2D eigenvalue weighted by Gasteiger charge is -2.10. The van der Waals surface area contributed by atoms with E-state index in [0.717, 1.165) is 28.0 Å². The minimum absolute atomic E-state index is 0.0825. The van der Waals surface area contributed by atoms with E-state index in [2.05, 4.69) is 16.3 Å². The summed E-state index contributed by atoms with van der Waals surface area (Å²) in [6.07, 6.45) is 0. The van der Waals surface area contributed by atoms with Gasteiger partial charge in [-0.15, -0.1) is 10.2 Å². The van der Waals surface area contributed by atoms with Gasteiger partial charge in [0.15, 0.2) is 16.7 Å². The Morgan fingerprint density at radius 1 is 0.935 bits per heavy atom.